The van der Waals surface area contributed by atoms with Crippen LogP contribution in [0.5, 0.6) is 0 Å². The molecular formula is C9H21N3O3S. The van der Waals surface area contributed by atoms with Crippen LogP contribution in [0.3, 0.4) is 0 Å². The monoisotopic (exact) mass is 251 g/mol. The lowest BCUT2D eigenvalue weighted by Crippen LogP contribution is -2.52. The lowest BCUT2D eigenvalue weighted by Gasteiger charge is -2.22. The number of carbonyl (C=O) groups excluding carboxylic acids is 1. The zero-order chi connectivity index (χ0) is 12.8. The highest BCUT2D eigenvalue weighted by Gasteiger charge is 2.26. The summed E-state index contributed by atoms with van der Waals surface area (Å²) in [6.07, 6.45) is 1.37. The van der Waals surface area contributed by atoms with Gasteiger partial charge in [0.05, 0.1) is 11.3 Å². The van der Waals surface area contributed by atoms with E-state index in [2.05, 4.69) is 10.0 Å². The standard InChI is InChI=1S/C9H21N3O3S/c1-4-5-9(2,10)8(13)12-6-7-16(14,15)11-3/h11H,4-7,10H2,1-3H3,(H,12,13). The van der Waals surface area contributed by atoms with E-state index in [4.69, 9.17) is 5.73 Å². The Kier molecular flexibility index (Phi) is 5.91. The van der Waals surface area contributed by atoms with Crippen LogP contribution >= 0.6 is 0 Å². The number of nitrogens with two attached hydrogens (primary N) is 1. The van der Waals surface area contributed by atoms with Gasteiger partial charge >= 0.3 is 0 Å². The second kappa shape index (κ2) is 6.17. The van der Waals surface area contributed by atoms with E-state index in [1.807, 2.05) is 6.92 Å². The first-order valence-electron chi connectivity index (χ1n) is 5.23. The van der Waals surface area contributed by atoms with E-state index in [-0.39, 0.29) is 18.2 Å². The predicted octanol–water partition coefficient (Wildman–Crippen LogP) is -0.831. The SMILES string of the molecule is CCCC(C)(N)C(=O)NCCS(=O)(=O)NC. The van der Waals surface area contributed by atoms with Gasteiger partial charge in [-0.05, 0) is 20.4 Å². The second-order valence-electron chi connectivity index (χ2n) is 3.95. The normalized spacial score (nSPS) is 15.5. The second-order valence-corrected chi connectivity index (χ2v) is 5.99. The summed E-state index contributed by atoms with van der Waals surface area (Å²) in [7, 11) is -1.94. The van der Waals surface area contributed by atoms with E-state index in [9.17, 15) is 13.2 Å². The van der Waals surface area contributed by atoms with E-state index >= 15 is 0 Å². The Balaban J connectivity index is 4.09. The molecule has 0 radical (unpaired) electrons. The first-order chi connectivity index (χ1) is 7.25. The van der Waals surface area contributed by atoms with Crippen LogP contribution in [0.15, 0.2) is 0 Å². The van der Waals surface area contributed by atoms with Crippen molar-refractivity contribution in [2.75, 3.05) is 19.3 Å². The molecule has 0 saturated carbocycles. The lowest BCUT2D eigenvalue weighted by atomic mass is 9.97. The highest BCUT2D eigenvalue weighted by atomic mass is 32.2. The summed E-state index contributed by atoms with van der Waals surface area (Å²) >= 11 is 0. The molecule has 0 aliphatic heterocycles. The summed E-state index contributed by atoms with van der Waals surface area (Å²) in [5.41, 5.74) is 4.84. The topological polar surface area (TPSA) is 101 Å². The van der Waals surface area contributed by atoms with Crippen LogP contribution in [0.2, 0.25) is 0 Å². The van der Waals surface area contributed by atoms with E-state index < -0.39 is 15.6 Å². The first-order valence-corrected chi connectivity index (χ1v) is 6.89. The summed E-state index contributed by atoms with van der Waals surface area (Å²) in [5.74, 6) is -0.460. The number of hydrogen-bond donors (Lipinski definition) is 3. The van der Waals surface area contributed by atoms with Gasteiger partial charge in [-0.25, -0.2) is 13.1 Å². The van der Waals surface area contributed by atoms with Crippen LogP contribution < -0.4 is 15.8 Å². The number of sulfonamides is 1. The highest BCUT2D eigenvalue weighted by Crippen LogP contribution is 2.07. The summed E-state index contributed by atoms with van der Waals surface area (Å²) in [6.45, 7) is 3.64. The molecule has 6 nitrogen and oxygen atoms in total. The number of hydrogen-bond acceptors (Lipinski definition) is 4. The first kappa shape index (κ1) is 15.3. The van der Waals surface area contributed by atoms with Crippen molar-refractivity contribution in [3.63, 3.8) is 0 Å². The minimum atomic E-state index is -3.28. The quantitative estimate of drug-likeness (QED) is 0.549. The average Bonchev–Trinajstić information content (AvgIpc) is 2.17. The van der Waals surface area contributed by atoms with E-state index in [0.29, 0.717) is 6.42 Å². The van der Waals surface area contributed by atoms with E-state index in [1.165, 1.54) is 7.05 Å². The lowest BCUT2D eigenvalue weighted by molar-refractivity contribution is -0.125. The summed E-state index contributed by atoms with van der Waals surface area (Å²) < 4.78 is 24.3. The summed E-state index contributed by atoms with van der Waals surface area (Å²) in [4.78, 5) is 11.6. The fourth-order valence-corrected chi connectivity index (χ4v) is 1.81. The van der Waals surface area contributed by atoms with Crippen LogP contribution in [0.25, 0.3) is 0 Å². The Hall–Kier alpha value is -0.660. The van der Waals surface area contributed by atoms with Crippen molar-refractivity contribution in [1.82, 2.24) is 10.0 Å². The average molecular weight is 251 g/mol. The van der Waals surface area contributed by atoms with Crippen LogP contribution in [-0.2, 0) is 14.8 Å². The van der Waals surface area contributed by atoms with Gasteiger partial charge in [0.15, 0.2) is 0 Å². The van der Waals surface area contributed by atoms with E-state index in [1.54, 1.807) is 6.92 Å². The Bertz CT molecular complexity index is 325. The maximum absolute atomic E-state index is 11.6. The minimum absolute atomic E-state index is 0.0680. The van der Waals surface area contributed by atoms with Gasteiger partial charge in [-0.2, -0.15) is 0 Å². The maximum Gasteiger partial charge on any atom is 0.239 e. The van der Waals surface area contributed by atoms with Gasteiger partial charge in [-0.3, -0.25) is 4.79 Å². The van der Waals surface area contributed by atoms with Gasteiger partial charge in [0, 0.05) is 6.54 Å². The van der Waals surface area contributed by atoms with Crippen molar-refractivity contribution in [2.45, 2.75) is 32.2 Å². The molecule has 0 aromatic carbocycles. The highest BCUT2D eigenvalue weighted by molar-refractivity contribution is 7.89. The molecule has 1 atom stereocenters. The molecule has 0 aliphatic carbocycles. The molecule has 0 fully saturated rings. The molecule has 0 rings (SSSR count). The Morgan fingerprint density at radius 3 is 2.44 bits per heavy atom. The van der Waals surface area contributed by atoms with Crippen LogP contribution in [0.4, 0.5) is 0 Å². The third-order valence-electron chi connectivity index (χ3n) is 2.26. The number of rotatable bonds is 7. The smallest absolute Gasteiger partial charge is 0.239 e. The molecule has 0 bridgehead atoms. The molecule has 1 amide bonds. The van der Waals surface area contributed by atoms with Crippen molar-refractivity contribution in [2.24, 2.45) is 5.73 Å². The molecule has 16 heavy (non-hydrogen) atoms. The van der Waals surface area contributed by atoms with Gasteiger partial charge in [0.1, 0.15) is 0 Å². The number of amides is 1. The number of nitrogens with one attached hydrogen (secondary N) is 2. The third kappa shape index (κ3) is 5.43. The fraction of sp³-hybridized carbons (Fsp3) is 0.889. The Morgan fingerprint density at radius 2 is 2.00 bits per heavy atom. The van der Waals surface area contributed by atoms with Crippen LogP contribution in [0, 0.1) is 0 Å². The van der Waals surface area contributed by atoms with Crippen molar-refractivity contribution in [3.05, 3.63) is 0 Å². The minimum Gasteiger partial charge on any atom is -0.353 e. The molecule has 0 heterocycles. The predicted molar refractivity (Wildman–Crippen MR) is 63.4 cm³/mol. The van der Waals surface area contributed by atoms with Gasteiger partial charge in [-0.1, -0.05) is 13.3 Å². The molecule has 0 aliphatic rings. The Labute approximate surface area is 97.0 Å². The van der Waals surface area contributed by atoms with Crippen LogP contribution in [0.1, 0.15) is 26.7 Å². The van der Waals surface area contributed by atoms with Crippen LogP contribution in [-0.4, -0.2) is 39.2 Å². The molecular weight excluding hydrogens is 230 g/mol. The Morgan fingerprint density at radius 1 is 1.44 bits per heavy atom. The molecule has 0 aromatic heterocycles. The largest absolute Gasteiger partial charge is 0.353 e. The molecule has 0 aromatic rings. The third-order valence-corrected chi connectivity index (χ3v) is 3.62. The zero-order valence-corrected chi connectivity index (χ0v) is 10.9. The molecule has 0 saturated heterocycles. The van der Waals surface area contributed by atoms with Crippen molar-refractivity contribution < 1.29 is 13.2 Å². The molecule has 1 unspecified atom stereocenters. The molecule has 96 valence electrons. The van der Waals surface area contributed by atoms with Gasteiger partial charge in [0.25, 0.3) is 0 Å². The molecule has 0 spiro atoms. The molecule has 7 heteroatoms. The van der Waals surface area contributed by atoms with Crippen molar-refractivity contribution >= 4 is 15.9 Å². The van der Waals surface area contributed by atoms with Crippen molar-refractivity contribution in [1.29, 1.82) is 0 Å². The van der Waals surface area contributed by atoms with E-state index in [0.717, 1.165) is 6.42 Å². The van der Waals surface area contributed by atoms with Crippen molar-refractivity contribution in [3.8, 4) is 0 Å². The summed E-state index contributed by atoms with van der Waals surface area (Å²) in [5, 5.41) is 2.52. The maximum atomic E-state index is 11.6. The van der Waals surface area contributed by atoms with Gasteiger partial charge < -0.3 is 11.1 Å². The van der Waals surface area contributed by atoms with Gasteiger partial charge in [-0.15, -0.1) is 0 Å². The summed E-state index contributed by atoms with van der Waals surface area (Å²) in [6, 6.07) is 0. The number of carbonyl (C=O) groups is 1. The van der Waals surface area contributed by atoms with Gasteiger partial charge in [0.2, 0.25) is 15.9 Å². The molecule has 4 N–H and O–H groups in total. The fourth-order valence-electron chi connectivity index (χ4n) is 1.24. The zero-order valence-electron chi connectivity index (χ0n) is 10.0.